The number of benzene rings is 2. The first kappa shape index (κ1) is 24.5. The third-order valence-corrected chi connectivity index (χ3v) is 4.21. The van der Waals surface area contributed by atoms with Gasteiger partial charge in [-0.15, -0.1) is 0 Å². The molecule has 0 saturated carbocycles. The third kappa shape index (κ3) is 7.82. The lowest BCUT2D eigenvalue weighted by Gasteiger charge is -2.19. The number of methoxy groups -OCH3 is 1. The predicted molar refractivity (Wildman–Crippen MR) is 107 cm³/mol. The zero-order valence-electron chi connectivity index (χ0n) is 16.9. The van der Waals surface area contributed by atoms with Gasteiger partial charge in [-0.3, -0.25) is 9.59 Å². The Bertz CT molecular complexity index is 950. The second-order valence-electron chi connectivity index (χ2n) is 6.63. The van der Waals surface area contributed by atoms with Crippen LogP contribution in [0.4, 0.5) is 23.7 Å². The van der Waals surface area contributed by atoms with Crippen LogP contribution in [0.2, 0.25) is 0 Å². The number of hydrogen-bond acceptors (Lipinski definition) is 5. The van der Waals surface area contributed by atoms with Crippen LogP contribution in [0, 0.1) is 0 Å². The highest BCUT2D eigenvalue weighted by molar-refractivity contribution is 5.97. The van der Waals surface area contributed by atoms with Gasteiger partial charge in [0.05, 0.1) is 12.7 Å². The van der Waals surface area contributed by atoms with E-state index in [2.05, 4.69) is 10.6 Å². The van der Waals surface area contributed by atoms with Gasteiger partial charge in [0.15, 0.2) is 0 Å². The van der Waals surface area contributed by atoms with Crippen LogP contribution in [0.5, 0.6) is 5.75 Å². The van der Waals surface area contributed by atoms with E-state index in [9.17, 15) is 27.6 Å². The van der Waals surface area contributed by atoms with E-state index in [1.807, 2.05) is 0 Å². The number of rotatable bonds is 9. The van der Waals surface area contributed by atoms with Crippen LogP contribution in [0.15, 0.2) is 48.5 Å². The number of halogens is 3. The summed E-state index contributed by atoms with van der Waals surface area (Å²) in [6.07, 6.45) is -6.45. The Kier molecular flexibility index (Phi) is 8.45. The van der Waals surface area contributed by atoms with Crippen molar-refractivity contribution in [2.24, 2.45) is 0 Å². The lowest BCUT2D eigenvalue weighted by Crippen LogP contribution is -2.44. The van der Waals surface area contributed by atoms with Gasteiger partial charge in [0.1, 0.15) is 18.4 Å². The molecule has 0 bridgehead atoms. The Hall–Kier alpha value is -3.76. The standard InChI is InChI=1S/C21H21F3N2O6/c1-31-16-10-14(21(22,23)24)9-15(11-16)25-19(29)17(7-8-18(27)28)26-20(30)32-12-13-5-3-2-4-6-13/h2-6,9-11,17H,7-8,12H2,1H3,(H,25,29)(H,26,30)(H,27,28)/t17-/m0/s1. The minimum absolute atomic E-state index is 0.0925. The molecular weight excluding hydrogens is 433 g/mol. The number of alkyl carbamates (subject to hydrolysis) is 1. The molecule has 11 heteroatoms. The van der Waals surface area contributed by atoms with Crippen molar-refractivity contribution in [1.29, 1.82) is 0 Å². The molecule has 0 radical (unpaired) electrons. The average molecular weight is 454 g/mol. The summed E-state index contributed by atoms with van der Waals surface area (Å²) in [5.41, 5.74) is -0.601. The third-order valence-electron chi connectivity index (χ3n) is 4.21. The van der Waals surface area contributed by atoms with Gasteiger partial charge in [-0.2, -0.15) is 13.2 Å². The Morgan fingerprint density at radius 3 is 2.38 bits per heavy atom. The number of carbonyl (C=O) groups is 3. The summed E-state index contributed by atoms with van der Waals surface area (Å²) in [7, 11) is 1.17. The van der Waals surface area contributed by atoms with Crippen molar-refractivity contribution in [3.63, 3.8) is 0 Å². The van der Waals surface area contributed by atoms with Crippen LogP contribution < -0.4 is 15.4 Å². The maximum Gasteiger partial charge on any atom is 0.416 e. The van der Waals surface area contributed by atoms with E-state index in [0.717, 1.165) is 12.1 Å². The van der Waals surface area contributed by atoms with E-state index < -0.39 is 42.2 Å². The van der Waals surface area contributed by atoms with Gasteiger partial charge in [0, 0.05) is 18.2 Å². The van der Waals surface area contributed by atoms with Gasteiger partial charge in [-0.1, -0.05) is 30.3 Å². The summed E-state index contributed by atoms with van der Waals surface area (Å²) < 4.78 is 49.1. The highest BCUT2D eigenvalue weighted by Gasteiger charge is 2.32. The minimum Gasteiger partial charge on any atom is -0.497 e. The van der Waals surface area contributed by atoms with E-state index in [1.54, 1.807) is 30.3 Å². The molecule has 2 aromatic rings. The summed E-state index contributed by atoms with van der Waals surface area (Å²) in [5.74, 6) is -2.28. The topological polar surface area (TPSA) is 114 Å². The first-order valence-corrected chi connectivity index (χ1v) is 9.34. The van der Waals surface area contributed by atoms with Gasteiger partial charge in [-0.25, -0.2) is 4.79 Å². The lowest BCUT2D eigenvalue weighted by atomic mass is 10.1. The minimum atomic E-state index is -4.68. The van der Waals surface area contributed by atoms with Crippen LogP contribution in [0.3, 0.4) is 0 Å². The normalized spacial score (nSPS) is 11.9. The number of alkyl halides is 3. The van der Waals surface area contributed by atoms with Crippen LogP contribution in [0.1, 0.15) is 24.0 Å². The fourth-order valence-corrected chi connectivity index (χ4v) is 2.63. The van der Waals surface area contributed by atoms with Crippen molar-refractivity contribution >= 4 is 23.7 Å². The van der Waals surface area contributed by atoms with Crippen LogP contribution >= 0.6 is 0 Å². The Morgan fingerprint density at radius 2 is 1.78 bits per heavy atom. The fourth-order valence-electron chi connectivity index (χ4n) is 2.63. The average Bonchev–Trinajstić information content (AvgIpc) is 2.74. The maximum atomic E-state index is 13.1. The monoisotopic (exact) mass is 454 g/mol. The number of nitrogens with one attached hydrogen (secondary N) is 2. The Labute approximate surface area is 181 Å². The van der Waals surface area contributed by atoms with Crippen molar-refractivity contribution in [3.8, 4) is 5.75 Å². The molecular formula is C21H21F3N2O6. The number of amides is 2. The molecule has 0 saturated heterocycles. The molecule has 2 aromatic carbocycles. The number of carboxylic acids is 1. The second-order valence-corrected chi connectivity index (χ2v) is 6.63. The Morgan fingerprint density at radius 1 is 1.09 bits per heavy atom. The molecule has 3 N–H and O–H groups in total. The van der Waals surface area contributed by atoms with Crippen molar-refractivity contribution in [1.82, 2.24) is 5.32 Å². The smallest absolute Gasteiger partial charge is 0.416 e. The number of aliphatic carboxylic acids is 1. The summed E-state index contributed by atoms with van der Waals surface area (Å²) in [6.45, 7) is -0.0925. The van der Waals surface area contributed by atoms with E-state index >= 15 is 0 Å². The largest absolute Gasteiger partial charge is 0.497 e. The fraction of sp³-hybridized carbons (Fsp3) is 0.286. The van der Waals surface area contributed by atoms with Crippen molar-refractivity contribution in [2.45, 2.75) is 31.7 Å². The van der Waals surface area contributed by atoms with Gasteiger partial charge in [-0.05, 0) is 24.1 Å². The van der Waals surface area contributed by atoms with Crippen LogP contribution in [-0.2, 0) is 27.1 Å². The van der Waals surface area contributed by atoms with Gasteiger partial charge in [0.2, 0.25) is 5.91 Å². The van der Waals surface area contributed by atoms with Crippen molar-refractivity contribution in [3.05, 3.63) is 59.7 Å². The van der Waals surface area contributed by atoms with E-state index in [4.69, 9.17) is 14.6 Å². The zero-order valence-corrected chi connectivity index (χ0v) is 16.9. The summed E-state index contributed by atoms with van der Waals surface area (Å²) in [6, 6.07) is 9.93. The molecule has 0 spiro atoms. The predicted octanol–water partition coefficient (Wildman–Crippen LogP) is 3.81. The highest BCUT2D eigenvalue weighted by atomic mass is 19.4. The zero-order chi connectivity index (χ0) is 23.7. The quantitative estimate of drug-likeness (QED) is 0.531. The number of ether oxygens (including phenoxy) is 2. The molecule has 2 amide bonds. The number of carbonyl (C=O) groups excluding carboxylic acids is 2. The molecule has 32 heavy (non-hydrogen) atoms. The molecule has 0 aliphatic heterocycles. The van der Waals surface area contributed by atoms with Gasteiger partial charge < -0.3 is 25.2 Å². The van der Waals surface area contributed by atoms with Gasteiger partial charge in [0.25, 0.3) is 0 Å². The summed E-state index contributed by atoms with van der Waals surface area (Å²) in [5, 5.41) is 13.4. The molecule has 0 unspecified atom stereocenters. The summed E-state index contributed by atoms with van der Waals surface area (Å²) in [4.78, 5) is 35.6. The molecule has 8 nitrogen and oxygen atoms in total. The number of anilines is 1. The molecule has 172 valence electrons. The van der Waals surface area contributed by atoms with Crippen molar-refractivity contribution in [2.75, 3.05) is 12.4 Å². The molecule has 0 aliphatic rings. The van der Waals surface area contributed by atoms with Crippen molar-refractivity contribution < 1.29 is 42.1 Å². The molecule has 0 aliphatic carbocycles. The van der Waals surface area contributed by atoms with E-state index in [-0.39, 0.29) is 24.5 Å². The first-order valence-electron chi connectivity index (χ1n) is 9.34. The molecule has 1 atom stereocenters. The van der Waals surface area contributed by atoms with Crippen LogP contribution in [0.25, 0.3) is 0 Å². The molecule has 0 aromatic heterocycles. The Balaban J connectivity index is 2.11. The molecule has 0 fully saturated rings. The van der Waals surface area contributed by atoms with Crippen LogP contribution in [-0.4, -0.2) is 36.2 Å². The maximum absolute atomic E-state index is 13.1. The molecule has 2 rings (SSSR count). The molecule has 0 heterocycles. The SMILES string of the molecule is COc1cc(NC(=O)[C@H](CCC(=O)O)NC(=O)OCc2ccccc2)cc(C(F)(F)F)c1. The summed E-state index contributed by atoms with van der Waals surface area (Å²) >= 11 is 0. The van der Waals surface area contributed by atoms with E-state index in [0.29, 0.717) is 11.6 Å². The highest BCUT2D eigenvalue weighted by Crippen LogP contribution is 2.34. The lowest BCUT2D eigenvalue weighted by molar-refractivity contribution is -0.138. The number of carboxylic acid groups (broad SMARTS) is 1. The first-order chi connectivity index (χ1) is 15.1. The second kappa shape index (κ2) is 11.0. The van der Waals surface area contributed by atoms with E-state index in [1.165, 1.54) is 7.11 Å². The van der Waals surface area contributed by atoms with Gasteiger partial charge >= 0.3 is 18.2 Å². The number of hydrogen-bond donors (Lipinski definition) is 3.